The number of amides is 2. The van der Waals surface area contributed by atoms with E-state index in [0.29, 0.717) is 0 Å². The van der Waals surface area contributed by atoms with Crippen LogP contribution in [0.2, 0.25) is 0 Å². The minimum Gasteiger partial charge on any atom is -0.393 e. The van der Waals surface area contributed by atoms with Gasteiger partial charge in [0.2, 0.25) is 11.8 Å². The number of hydrogen-bond acceptors (Lipinski definition) is 3. The normalized spacial score (nSPS) is 11.6. The SMILES string of the molecule is CC(C(=O)NCC(=O)N(C)C)C(N)=S. The summed E-state index contributed by atoms with van der Waals surface area (Å²) < 4.78 is 0. The number of carbonyl (C=O) groups is 2. The van der Waals surface area contributed by atoms with Gasteiger partial charge in [0.25, 0.3) is 0 Å². The molecule has 0 aromatic carbocycles. The summed E-state index contributed by atoms with van der Waals surface area (Å²) in [6, 6.07) is 0. The predicted octanol–water partition coefficient (Wildman–Crippen LogP) is -0.887. The molecule has 0 saturated carbocycles. The van der Waals surface area contributed by atoms with E-state index in [9.17, 15) is 9.59 Å². The molecule has 0 aliphatic heterocycles. The summed E-state index contributed by atoms with van der Waals surface area (Å²) in [7, 11) is 3.23. The lowest BCUT2D eigenvalue weighted by atomic mass is 10.1. The second-order valence-electron chi connectivity index (χ2n) is 3.13. The zero-order chi connectivity index (χ0) is 11.3. The summed E-state index contributed by atoms with van der Waals surface area (Å²) in [5.41, 5.74) is 5.28. The molecule has 0 radical (unpaired) electrons. The second kappa shape index (κ2) is 5.54. The Morgan fingerprint density at radius 2 is 2.00 bits per heavy atom. The average Bonchev–Trinajstić information content (AvgIpc) is 2.11. The van der Waals surface area contributed by atoms with Gasteiger partial charge in [-0.05, 0) is 6.92 Å². The van der Waals surface area contributed by atoms with Crippen molar-refractivity contribution < 1.29 is 9.59 Å². The van der Waals surface area contributed by atoms with E-state index in [0.717, 1.165) is 0 Å². The molecule has 80 valence electrons. The average molecular weight is 217 g/mol. The van der Waals surface area contributed by atoms with Crippen LogP contribution < -0.4 is 11.1 Å². The van der Waals surface area contributed by atoms with E-state index < -0.39 is 5.92 Å². The third-order valence-corrected chi connectivity index (χ3v) is 2.09. The first-order chi connectivity index (χ1) is 6.36. The molecule has 0 heterocycles. The van der Waals surface area contributed by atoms with Crippen LogP contribution in [-0.2, 0) is 9.59 Å². The van der Waals surface area contributed by atoms with Crippen molar-refractivity contribution in [2.45, 2.75) is 6.92 Å². The van der Waals surface area contributed by atoms with Crippen LogP contribution in [-0.4, -0.2) is 42.3 Å². The van der Waals surface area contributed by atoms with E-state index in [1.54, 1.807) is 21.0 Å². The van der Waals surface area contributed by atoms with Gasteiger partial charge in [-0.15, -0.1) is 0 Å². The molecular weight excluding hydrogens is 202 g/mol. The minimum absolute atomic E-state index is 0.0290. The van der Waals surface area contributed by atoms with E-state index in [2.05, 4.69) is 17.5 Å². The Bertz CT molecular complexity index is 253. The van der Waals surface area contributed by atoms with Gasteiger partial charge in [-0.2, -0.15) is 0 Å². The smallest absolute Gasteiger partial charge is 0.241 e. The van der Waals surface area contributed by atoms with Crippen LogP contribution >= 0.6 is 12.2 Å². The molecule has 14 heavy (non-hydrogen) atoms. The van der Waals surface area contributed by atoms with Gasteiger partial charge >= 0.3 is 0 Å². The van der Waals surface area contributed by atoms with E-state index in [-0.39, 0.29) is 23.3 Å². The molecule has 0 aromatic rings. The number of thiocarbonyl (C=S) groups is 1. The van der Waals surface area contributed by atoms with Crippen LogP contribution in [0, 0.1) is 5.92 Å². The monoisotopic (exact) mass is 217 g/mol. The number of carbonyl (C=O) groups excluding carboxylic acids is 2. The van der Waals surface area contributed by atoms with E-state index in [4.69, 9.17) is 5.73 Å². The molecule has 0 bridgehead atoms. The van der Waals surface area contributed by atoms with Gasteiger partial charge in [-0.3, -0.25) is 9.59 Å². The summed E-state index contributed by atoms with van der Waals surface area (Å²) in [6.45, 7) is 1.57. The summed E-state index contributed by atoms with van der Waals surface area (Å²) in [5, 5.41) is 2.45. The Kier molecular flexibility index (Phi) is 5.07. The molecule has 0 saturated heterocycles. The van der Waals surface area contributed by atoms with Crippen LogP contribution in [0.3, 0.4) is 0 Å². The topological polar surface area (TPSA) is 75.4 Å². The second-order valence-corrected chi connectivity index (χ2v) is 3.60. The summed E-state index contributed by atoms with van der Waals surface area (Å²) >= 11 is 4.65. The first-order valence-electron chi connectivity index (χ1n) is 4.13. The molecule has 3 N–H and O–H groups in total. The largest absolute Gasteiger partial charge is 0.393 e. The maximum Gasteiger partial charge on any atom is 0.241 e. The number of nitrogens with one attached hydrogen (secondary N) is 1. The predicted molar refractivity (Wildman–Crippen MR) is 57.7 cm³/mol. The van der Waals surface area contributed by atoms with Crippen molar-refractivity contribution >= 4 is 29.0 Å². The number of nitrogens with zero attached hydrogens (tertiary/aromatic N) is 1. The van der Waals surface area contributed by atoms with Gasteiger partial charge < -0.3 is 16.0 Å². The van der Waals surface area contributed by atoms with Gasteiger partial charge in [-0.1, -0.05) is 12.2 Å². The molecular formula is C8H15N3O2S. The van der Waals surface area contributed by atoms with E-state index >= 15 is 0 Å². The standard InChI is InChI=1S/C8H15N3O2S/c1-5(7(9)14)8(13)10-4-6(12)11(2)3/h5H,4H2,1-3H3,(H2,9,14)(H,10,13). The highest BCUT2D eigenvalue weighted by molar-refractivity contribution is 7.80. The zero-order valence-electron chi connectivity index (χ0n) is 8.53. The molecule has 5 nitrogen and oxygen atoms in total. The molecule has 1 atom stereocenters. The Labute approximate surface area is 88.6 Å². The Hall–Kier alpha value is -1.17. The van der Waals surface area contributed by atoms with Crippen LogP contribution in [0.1, 0.15) is 6.92 Å². The Morgan fingerprint density at radius 1 is 1.50 bits per heavy atom. The fourth-order valence-corrected chi connectivity index (χ4v) is 0.710. The molecule has 0 aliphatic carbocycles. The Morgan fingerprint density at radius 3 is 2.36 bits per heavy atom. The van der Waals surface area contributed by atoms with Crippen LogP contribution in [0.15, 0.2) is 0 Å². The third-order valence-electron chi connectivity index (χ3n) is 1.73. The van der Waals surface area contributed by atoms with Crippen molar-refractivity contribution in [1.29, 1.82) is 0 Å². The number of hydrogen-bond donors (Lipinski definition) is 2. The molecule has 0 aromatic heterocycles. The molecule has 0 fully saturated rings. The lowest BCUT2D eigenvalue weighted by molar-refractivity contribution is -0.131. The molecule has 6 heteroatoms. The third kappa shape index (κ3) is 4.18. The lowest BCUT2D eigenvalue weighted by Crippen LogP contribution is -2.41. The van der Waals surface area contributed by atoms with Crippen molar-refractivity contribution in [2.75, 3.05) is 20.6 Å². The van der Waals surface area contributed by atoms with Crippen molar-refractivity contribution in [3.8, 4) is 0 Å². The van der Waals surface area contributed by atoms with Crippen molar-refractivity contribution in [3.63, 3.8) is 0 Å². The molecule has 0 rings (SSSR count). The summed E-state index contributed by atoms with van der Waals surface area (Å²) in [4.78, 5) is 23.9. The molecule has 0 aliphatic rings. The van der Waals surface area contributed by atoms with Crippen molar-refractivity contribution in [2.24, 2.45) is 11.7 Å². The highest BCUT2D eigenvalue weighted by Crippen LogP contribution is 1.94. The van der Waals surface area contributed by atoms with Gasteiger partial charge in [0.1, 0.15) is 0 Å². The highest BCUT2D eigenvalue weighted by atomic mass is 32.1. The van der Waals surface area contributed by atoms with Gasteiger partial charge in [0, 0.05) is 14.1 Å². The highest BCUT2D eigenvalue weighted by Gasteiger charge is 2.16. The first kappa shape index (κ1) is 12.8. The van der Waals surface area contributed by atoms with Gasteiger partial charge in [0.05, 0.1) is 17.5 Å². The summed E-state index contributed by atoms with van der Waals surface area (Å²) in [5.74, 6) is -1.04. The molecule has 1 unspecified atom stereocenters. The van der Waals surface area contributed by atoms with Crippen LogP contribution in [0.4, 0.5) is 0 Å². The van der Waals surface area contributed by atoms with Crippen molar-refractivity contribution in [1.82, 2.24) is 10.2 Å². The molecule has 0 spiro atoms. The number of rotatable bonds is 4. The lowest BCUT2D eigenvalue weighted by Gasteiger charge is -2.13. The number of likely N-dealkylation sites (N-methyl/N-ethyl adjacent to an activating group) is 1. The first-order valence-corrected chi connectivity index (χ1v) is 4.54. The zero-order valence-corrected chi connectivity index (χ0v) is 9.35. The van der Waals surface area contributed by atoms with Gasteiger partial charge in [-0.25, -0.2) is 0 Å². The van der Waals surface area contributed by atoms with Crippen LogP contribution in [0.5, 0.6) is 0 Å². The minimum atomic E-state index is -0.542. The quantitative estimate of drug-likeness (QED) is 0.599. The van der Waals surface area contributed by atoms with E-state index in [1.807, 2.05) is 0 Å². The number of nitrogens with two attached hydrogens (primary N) is 1. The van der Waals surface area contributed by atoms with Crippen LogP contribution in [0.25, 0.3) is 0 Å². The fourth-order valence-electron chi connectivity index (χ4n) is 0.603. The molecule has 2 amide bonds. The van der Waals surface area contributed by atoms with Crippen molar-refractivity contribution in [3.05, 3.63) is 0 Å². The summed E-state index contributed by atoms with van der Waals surface area (Å²) in [6.07, 6.45) is 0. The maximum absolute atomic E-state index is 11.3. The fraction of sp³-hybridized carbons (Fsp3) is 0.625. The van der Waals surface area contributed by atoms with Gasteiger partial charge in [0.15, 0.2) is 0 Å². The maximum atomic E-state index is 11.3. The Balaban J connectivity index is 3.97. The van der Waals surface area contributed by atoms with E-state index in [1.165, 1.54) is 4.90 Å².